The van der Waals surface area contributed by atoms with E-state index in [1.165, 1.54) is 0 Å². The molecule has 1 N–H and O–H groups in total. The van der Waals surface area contributed by atoms with Gasteiger partial charge in [-0.25, -0.2) is 0 Å². The Bertz CT molecular complexity index is 536. The van der Waals surface area contributed by atoms with Gasteiger partial charge in [-0.3, -0.25) is 4.90 Å². The van der Waals surface area contributed by atoms with E-state index >= 15 is 0 Å². The van der Waals surface area contributed by atoms with E-state index in [0.717, 1.165) is 31.5 Å². The Labute approximate surface area is 156 Å². The minimum Gasteiger partial charge on any atom is -0.388 e. The molecule has 2 heterocycles. The van der Waals surface area contributed by atoms with E-state index in [9.17, 15) is 5.11 Å². The molecule has 2 fully saturated rings. The number of hydrogen-bond donors (Lipinski definition) is 1. The molecule has 1 aromatic carbocycles. The Kier molecular flexibility index (Phi) is 7.03. The highest BCUT2D eigenvalue weighted by Gasteiger charge is 2.51. The summed E-state index contributed by atoms with van der Waals surface area (Å²) in [6.07, 6.45) is -0.454. The normalized spacial score (nSPS) is 34.7. The average Bonchev–Trinajstić information content (AvgIpc) is 2.68. The first kappa shape index (κ1) is 19.7. The van der Waals surface area contributed by atoms with Crippen LogP contribution in [0.1, 0.15) is 38.5 Å². The lowest BCUT2D eigenvalue weighted by atomic mass is 9.94. The Hall–Kier alpha value is -1.02. The third-order valence-electron chi connectivity index (χ3n) is 5.08. The molecule has 1 aromatic rings. The minimum absolute atomic E-state index is 0.254. The maximum Gasteiger partial charge on any atom is 0.184 e. The van der Waals surface area contributed by atoms with Crippen LogP contribution in [-0.2, 0) is 18.9 Å². The number of nitrogens with zero attached hydrogens (tertiary/aromatic N) is 1. The number of benzene rings is 1. The molecule has 2 saturated heterocycles. The number of aliphatic hydroxyl groups is 1. The highest BCUT2D eigenvalue weighted by atomic mass is 16.7. The fraction of sp³-hybridized carbons (Fsp3) is 0.700. The number of methoxy groups -OCH3 is 1. The molecule has 0 radical (unpaired) electrons. The van der Waals surface area contributed by atoms with Crippen LogP contribution in [0.4, 0.5) is 0 Å². The van der Waals surface area contributed by atoms with Gasteiger partial charge < -0.3 is 24.1 Å². The summed E-state index contributed by atoms with van der Waals surface area (Å²) in [6, 6.07) is 9.55. The van der Waals surface area contributed by atoms with Gasteiger partial charge in [-0.2, -0.15) is 0 Å². The fourth-order valence-corrected chi connectivity index (χ4v) is 3.92. The Morgan fingerprint density at radius 3 is 2.42 bits per heavy atom. The fourth-order valence-electron chi connectivity index (χ4n) is 3.92. The molecule has 0 spiro atoms. The topological polar surface area (TPSA) is 60.4 Å². The molecule has 6 nitrogen and oxygen atoms in total. The van der Waals surface area contributed by atoms with Crippen LogP contribution in [-0.4, -0.2) is 67.5 Å². The van der Waals surface area contributed by atoms with Gasteiger partial charge in [0.1, 0.15) is 18.3 Å². The van der Waals surface area contributed by atoms with Crippen molar-refractivity contribution in [3.8, 4) is 0 Å². The van der Waals surface area contributed by atoms with Gasteiger partial charge in [0.05, 0.1) is 12.6 Å². The Balaban J connectivity index is 1.78. The van der Waals surface area contributed by atoms with Crippen molar-refractivity contribution in [3.63, 3.8) is 0 Å². The standard InChI is InChI=1S/C20H31NO5/c1-4-11-21(12-5-2)16-17(22)18-15(25-20(16)23-3)13-24-19(26-18)14-9-7-6-8-10-14/h6-10,15-20,22H,4-5,11-13H2,1-3H3/t15-,16-,17-,18-,19?,20+/m1/s1. The molecule has 1 unspecified atom stereocenters. The molecule has 0 bridgehead atoms. The molecule has 0 aliphatic carbocycles. The molecule has 146 valence electrons. The highest BCUT2D eigenvalue weighted by molar-refractivity contribution is 5.16. The highest BCUT2D eigenvalue weighted by Crippen LogP contribution is 2.35. The Morgan fingerprint density at radius 2 is 1.81 bits per heavy atom. The predicted octanol–water partition coefficient (Wildman–Crippen LogP) is 2.32. The molecule has 0 saturated carbocycles. The molecule has 2 aliphatic heterocycles. The van der Waals surface area contributed by atoms with Crippen molar-refractivity contribution < 1.29 is 24.1 Å². The summed E-state index contributed by atoms with van der Waals surface area (Å²) in [5, 5.41) is 11.2. The van der Waals surface area contributed by atoms with Crippen molar-refractivity contribution in [2.24, 2.45) is 0 Å². The number of rotatable bonds is 7. The largest absolute Gasteiger partial charge is 0.388 e. The molecule has 6 atom stereocenters. The molecular weight excluding hydrogens is 334 g/mol. The summed E-state index contributed by atoms with van der Waals surface area (Å²) in [7, 11) is 1.62. The maximum atomic E-state index is 11.2. The van der Waals surface area contributed by atoms with Gasteiger partial charge in [-0.1, -0.05) is 44.2 Å². The van der Waals surface area contributed by atoms with Gasteiger partial charge in [0.25, 0.3) is 0 Å². The van der Waals surface area contributed by atoms with Gasteiger partial charge in [0.2, 0.25) is 0 Å². The van der Waals surface area contributed by atoms with Gasteiger partial charge in [0.15, 0.2) is 12.6 Å². The zero-order valence-electron chi connectivity index (χ0n) is 15.9. The van der Waals surface area contributed by atoms with Gasteiger partial charge in [-0.05, 0) is 25.9 Å². The second-order valence-corrected chi connectivity index (χ2v) is 6.97. The first-order valence-corrected chi connectivity index (χ1v) is 9.62. The van der Waals surface area contributed by atoms with Crippen molar-refractivity contribution >= 4 is 0 Å². The van der Waals surface area contributed by atoms with Crippen LogP contribution >= 0.6 is 0 Å². The third-order valence-corrected chi connectivity index (χ3v) is 5.08. The van der Waals surface area contributed by atoms with Gasteiger partial charge in [-0.15, -0.1) is 0 Å². The summed E-state index contributed by atoms with van der Waals surface area (Å²) >= 11 is 0. The second kappa shape index (κ2) is 9.26. The summed E-state index contributed by atoms with van der Waals surface area (Å²) in [4.78, 5) is 2.26. The molecule has 6 heteroatoms. The summed E-state index contributed by atoms with van der Waals surface area (Å²) in [5.74, 6) is 0. The number of fused-ring (bicyclic) bond motifs is 1. The van der Waals surface area contributed by atoms with E-state index in [2.05, 4.69) is 18.7 Å². The first-order valence-electron chi connectivity index (χ1n) is 9.62. The summed E-state index contributed by atoms with van der Waals surface area (Å²) in [6.45, 7) is 6.42. The van der Waals surface area contributed by atoms with E-state index in [1.54, 1.807) is 7.11 Å². The van der Waals surface area contributed by atoms with Crippen LogP contribution < -0.4 is 0 Å². The lowest BCUT2D eigenvalue weighted by molar-refractivity contribution is -0.350. The lowest BCUT2D eigenvalue weighted by Crippen LogP contribution is -2.66. The average molecular weight is 365 g/mol. The minimum atomic E-state index is -0.702. The van der Waals surface area contributed by atoms with Gasteiger partial charge >= 0.3 is 0 Å². The zero-order valence-corrected chi connectivity index (χ0v) is 15.9. The Morgan fingerprint density at radius 1 is 1.12 bits per heavy atom. The van der Waals surface area contributed by atoms with Crippen LogP contribution in [0, 0.1) is 0 Å². The van der Waals surface area contributed by atoms with Crippen molar-refractivity contribution in [2.75, 3.05) is 26.8 Å². The van der Waals surface area contributed by atoms with E-state index in [-0.39, 0.29) is 12.1 Å². The van der Waals surface area contributed by atoms with E-state index in [4.69, 9.17) is 18.9 Å². The van der Waals surface area contributed by atoms with Crippen LogP contribution in [0.15, 0.2) is 30.3 Å². The molecular formula is C20H31NO5. The van der Waals surface area contributed by atoms with E-state index in [1.807, 2.05) is 30.3 Å². The van der Waals surface area contributed by atoms with Crippen LogP contribution in [0.25, 0.3) is 0 Å². The molecule has 0 amide bonds. The number of hydrogen-bond acceptors (Lipinski definition) is 6. The van der Waals surface area contributed by atoms with Crippen molar-refractivity contribution in [1.29, 1.82) is 0 Å². The first-order chi connectivity index (χ1) is 12.7. The molecule has 3 rings (SSSR count). The molecule has 0 aromatic heterocycles. The van der Waals surface area contributed by atoms with E-state index in [0.29, 0.717) is 6.61 Å². The van der Waals surface area contributed by atoms with Crippen LogP contribution in [0.2, 0.25) is 0 Å². The summed E-state index contributed by atoms with van der Waals surface area (Å²) in [5.41, 5.74) is 0.947. The van der Waals surface area contributed by atoms with E-state index < -0.39 is 24.8 Å². The molecule has 26 heavy (non-hydrogen) atoms. The molecule has 2 aliphatic rings. The second-order valence-electron chi connectivity index (χ2n) is 6.97. The predicted molar refractivity (Wildman–Crippen MR) is 97.6 cm³/mol. The van der Waals surface area contributed by atoms with Gasteiger partial charge in [0, 0.05) is 12.7 Å². The quantitative estimate of drug-likeness (QED) is 0.800. The van der Waals surface area contributed by atoms with Crippen LogP contribution in [0.3, 0.4) is 0 Å². The lowest BCUT2D eigenvalue weighted by Gasteiger charge is -2.50. The smallest absolute Gasteiger partial charge is 0.184 e. The monoisotopic (exact) mass is 365 g/mol. The summed E-state index contributed by atoms with van der Waals surface area (Å²) < 4.78 is 23.7. The SMILES string of the molecule is CCCN(CCC)[C@H]1[C@@H](OC)O[C@@H]2COC(c3ccccc3)O[C@H]2[C@@H]1O. The van der Waals surface area contributed by atoms with Crippen LogP contribution in [0.5, 0.6) is 0 Å². The van der Waals surface area contributed by atoms with Crippen molar-refractivity contribution in [3.05, 3.63) is 35.9 Å². The zero-order chi connectivity index (χ0) is 18.5. The van der Waals surface area contributed by atoms with Crippen molar-refractivity contribution in [2.45, 2.75) is 63.6 Å². The number of ether oxygens (including phenoxy) is 4. The number of aliphatic hydroxyl groups excluding tert-OH is 1. The maximum absolute atomic E-state index is 11.2. The van der Waals surface area contributed by atoms with Crippen molar-refractivity contribution in [1.82, 2.24) is 4.90 Å². The third kappa shape index (κ3) is 4.11.